The van der Waals surface area contributed by atoms with Crippen LogP contribution in [-0.4, -0.2) is 4.98 Å². The van der Waals surface area contributed by atoms with Gasteiger partial charge in [-0.15, -0.1) is 11.3 Å². The minimum absolute atomic E-state index is 1.14. The highest BCUT2D eigenvalue weighted by Gasteiger charge is 2.02. The number of nitrogens with zero attached hydrogens (tertiary/aromatic N) is 1. The summed E-state index contributed by atoms with van der Waals surface area (Å²) in [4.78, 5) is 5.31. The van der Waals surface area contributed by atoms with Gasteiger partial charge in [-0.1, -0.05) is 6.07 Å². The molecule has 0 radical (unpaired) electrons. The zero-order valence-electron chi connectivity index (χ0n) is 6.20. The molecular weight excluding hydrogens is 234 g/mol. The molecule has 0 spiro atoms. The van der Waals surface area contributed by atoms with Gasteiger partial charge >= 0.3 is 0 Å². The maximum absolute atomic E-state index is 4.07. The molecule has 0 aliphatic rings. The van der Waals surface area contributed by atoms with Crippen LogP contribution in [0.2, 0.25) is 0 Å². The first-order valence-corrected chi connectivity index (χ1v) is 5.18. The van der Waals surface area contributed by atoms with Gasteiger partial charge in [0, 0.05) is 27.3 Å². The van der Waals surface area contributed by atoms with E-state index in [1.165, 1.54) is 10.4 Å². The van der Waals surface area contributed by atoms with Gasteiger partial charge in [-0.3, -0.25) is 4.98 Å². The predicted octanol–water partition coefficient (Wildman–Crippen LogP) is 3.57. The maximum atomic E-state index is 4.07. The molecule has 0 aliphatic carbocycles. The average Bonchev–Trinajstić information content (AvgIpc) is 2.53. The molecule has 0 saturated heterocycles. The second-order valence-electron chi connectivity index (χ2n) is 2.34. The first kappa shape index (κ1) is 7.95. The molecule has 60 valence electrons. The molecule has 2 aromatic heterocycles. The van der Waals surface area contributed by atoms with Crippen molar-refractivity contribution in [2.45, 2.75) is 0 Å². The fourth-order valence-electron chi connectivity index (χ4n) is 0.997. The van der Waals surface area contributed by atoms with Crippen LogP contribution in [-0.2, 0) is 0 Å². The first-order chi connectivity index (χ1) is 5.88. The van der Waals surface area contributed by atoms with Crippen LogP contribution < -0.4 is 0 Å². The van der Waals surface area contributed by atoms with Crippen molar-refractivity contribution in [2.24, 2.45) is 0 Å². The predicted molar refractivity (Wildman–Crippen MR) is 55.3 cm³/mol. The summed E-state index contributed by atoms with van der Waals surface area (Å²) in [5, 5.41) is 2.06. The Labute approximate surface area is 83.2 Å². The Balaban J connectivity index is 2.51. The van der Waals surface area contributed by atoms with E-state index >= 15 is 0 Å². The van der Waals surface area contributed by atoms with Crippen LogP contribution in [0.4, 0.5) is 0 Å². The average molecular weight is 240 g/mol. The van der Waals surface area contributed by atoms with Crippen molar-refractivity contribution in [1.82, 2.24) is 4.98 Å². The highest BCUT2D eigenvalue weighted by molar-refractivity contribution is 9.10. The van der Waals surface area contributed by atoms with Crippen LogP contribution in [0.3, 0.4) is 0 Å². The number of pyridine rings is 1. The molecule has 0 saturated carbocycles. The molecule has 12 heavy (non-hydrogen) atoms. The molecule has 0 fully saturated rings. The van der Waals surface area contributed by atoms with Crippen molar-refractivity contribution in [3.8, 4) is 10.4 Å². The Morgan fingerprint density at radius 2 is 2.25 bits per heavy atom. The third-order valence-electron chi connectivity index (χ3n) is 1.54. The van der Waals surface area contributed by atoms with Crippen molar-refractivity contribution in [3.05, 3.63) is 40.4 Å². The van der Waals surface area contributed by atoms with Crippen LogP contribution in [0.25, 0.3) is 10.4 Å². The summed E-state index contributed by atoms with van der Waals surface area (Å²) in [7, 11) is 0. The Morgan fingerprint density at radius 3 is 2.83 bits per heavy atom. The Morgan fingerprint density at radius 1 is 1.33 bits per heavy atom. The quantitative estimate of drug-likeness (QED) is 0.742. The Bertz CT molecular complexity index is 369. The van der Waals surface area contributed by atoms with E-state index in [2.05, 4.69) is 32.4 Å². The number of thiophene rings is 1. The lowest BCUT2D eigenvalue weighted by Gasteiger charge is -1.95. The summed E-state index contributed by atoms with van der Waals surface area (Å²) < 4.78 is 1.14. The van der Waals surface area contributed by atoms with Crippen LogP contribution in [0.15, 0.2) is 40.4 Å². The molecule has 2 aromatic rings. The van der Waals surface area contributed by atoms with Crippen LogP contribution in [0.5, 0.6) is 0 Å². The van der Waals surface area contributed by atoms with Gasteiger partial charge < -0.3 is 0 Å². The molecule has 0 bridgehead atoms. The molecule has 1 nitrogen and oxygen atoms in total. The van der Waals surface area contributed by atoms with E-state index in [1.807, 2.05) is 18.3 Å². The van der Waals surface area contributed by atoms with Gasteiger partial charge in [0.05, 0.1) is 0 Å². The summed E-state index contributed by atoms with van der Waals surface area (Å²) >= 11 is 5.20. The van der Waals surface area contributed by atoms with E-state index in [-0.39, 0.29) is 0 Å². The summed E-state index contributed by atoms with van der Waals surface area (Å²) in [5.74, 6) is 0. The van der Waals surface area contributed by atoms with Crippen molar-refractivity contribution >= 4 is 27.3 Å². The van der Waals surface area contributed by atoms with E-state index in [1.54, 1.807) is 17.5 Å². The molecule has 0 aromatic carbocycles. The molecule has 0 amide bonds. The molecule has 0 atom stereocenters. The number of hydrogen-bond acceptors (Lipinski definition) is 2. The highest BCUT2D eigenvalue weighted by atomic mass is 79.9. The van der Waals surface area contributed by atoms with Crippen LogP contribution in [0, 0.1) is 0 Å². The summed E-state index contributed by atoms with van der Waals surface area (Å²) in [6.07, 6.45) is 3.65. The molecule has 0 aliphatic heterocycles. The minimum atomic E-state index is 1.14. The fourth-order valence-corrected chi connectivity index (χ4v) is 2.59. The van der Waals surface area contributed by atoms with E-state index in [0.29, 0.717) is 0 Å². The smallest absolute Gasteiger partial charge is 0.0500 e. The van der Waals surface area contributed by atoms with Gasteiger partial charge in [-0.05, 0) is 33.4 Å². The van der Waals surface area contributed by atoms with E-state index < -0.39 is 0 Å². The number of hydrogen-bond donors (Lipinski definition) is 0. The molecule has 0 N–H and O–H groups in total. The molecule has 2 heterocycles. The van der Waals surface area contributed by atoms with Gasteiger partial charge in [0.25, 0.3) is 0 Å². The van der Waals surface area contributed by atoms with Crippen molar-refractivity contribution in [3.63, 3.8) is 0 Å². The second-order valence-corrected chi connectivity index (χ2v) is 4.11. The maximum Gasteiger partial charge on any atom is 0.0500 e. The summed E-state index contributed by atoms with van der Waals surface area (Å²) in [6.45, 7) is 0. The lowest BCUT2D eigenvalue weighted by Crippen LogP contribution is -1.74. The third kappa shape index (κ3) is 1.42. The zero-order valence-corrected chi connectivity index (χ0v) is 8.60. The van der Waals surface area contributed by atoms with Gasteiger partial charge in [0.2, 0.25) is 0 Å². The molecule has 2 rings (SSSR count). The Hall–Kier alpha value is -0.670. The number of rotatable bonds is 1. The minimum Gasteiger partial charge on any atom is -0.264 e. The fraction of sp³-hybridized carbons (Fsp3) is 0. The van der Waals surface area contributed by atoms with Crippen LogP contribution in [0.1, 0.15) is 0 Å². The van der Waals surface area contributed by atoms with Gasteiger partial charge in [-0.25, -0.2) is 0 Å². The zero-order chi connectivity index (χ0) is 8.39. The molecule has 0 unspecified atom stereocenters. The van der Waals surface area contributed by atoms with Crippen LogP contribution >= 0.6 is 27.3 Å². The van der Waals surface area contributed by atoms with E-state index in [9.17, 15) is 0 Å². The number of halogens is 1. The summed E-state index contributed by atoms with van der Waals surface area (Å²) in [6, 6.07) is 6.05. The largest absolute Gasteiger partial charge is 0.264 e. The van der Waals surface area contributed by atoms with E-state index in [4.69, 9.17) is 0 Å². The molecule has 3 heteroatoms. The molecular formula is C9H6BrNS. The topological polar surface area (TPSA) is 12.9 Å². The van der Waals surface area contributed by atoms with E-state index in [0.717, 1.165) is 4.47 Å². The number of aromatic nitrogens is 1. The standard InChI is InChI=1S/C9H6BrNS/c10-8-3-5-12-9(8)7-2-1-4-11-6-7/h1-6H. The monoisotopic (exact) mass is 239 g/mol. The lowest BCUT2D eigenvalue weighted by molar-refractivity contribution is 1.33. The van der Waals surface area contributed by atoms with Gasteiger partial charge in [-0.2, -0.15) is 0 Å². The highest BCUT2D eigenvalue weighted by Crippen LogP contribution is 2.32. The van der Waals surface area contributed by atoms with Crippen molar-refractivity contribution in [2.75, 3.05) is 0 Å². The lowest BCUT2D eigenvalue weighted by atomic mass is 10.2. The van der Waals surface area contributed by atoms with Crippen molar-refractivity contribution in [1.29, 1.82) is 0 Å². The second kappa shape index (κ2) is 3.37. The van der Waals surface area contributed by atoms with Crippen molar-refractivity contribution < 1.29 is 0 Å². The third-order valence-corrected chi connectivity index (χ3v) is 3.43. The Kier molecular flexibility index (Phi) is 2.23. The SMILES string of the molecule is Brc1ccsc1-c1cccnc1. The summed E-state index contributed by atoms with van der Waals surface area (Å²) in [5.41, 5.74) is 1.17. The normalized spacial score (nSPS) is 10.1. The first-order valence-electron chi connectivity index (χ1n) is 3.51. The van der Waals surface area contributed by atoms with Gasteiger partial charge in [0.1, 0.15) is 0 Å². The van der Waals surface area contributed by atoms with Gasteiger partial charge in [0.15, 0.2) is 0 Å².